The standard InChI is InChI=1S/C23H21FN4O3/c24-18-5-4-6-19(12-18)31-20-8-7-16(11-17(20)14-25)15-30-22-13-21-26-9-2-1-3-10-28(21)23(29)27-22/h4-8,11-13,26H,1-3,9-10,15H2. The lowest BCUT2D eigenvalue weighted by Crippen LogP contribution is -2.28. The normalized spacial score (nSPS) is 13.2. The summed E-state index contributed by atoms with van der Waals surface area (Å²) in [6.07, 6.45) is 3.06. The van der Waals surface area contributed by atoms with E-state index >= 15 is 0 Å². The molecule has 158 valence electrons. The molecule has 0 fully saturated rings. The maximum absolute atomic E-state index is 13.4. The Bertz CT molecular complexity index is 1190. The molecule has 0 radical (unpaired) electrons. The maximum atomic E-state index is 13.4. The van der Waals surface area contributed by atoms with Crippen LogP contribution in [0.3, 0.4) is 0 Å². The third-order valence-corrected chi connectivity index (χ3v) is 4.93. The lowest BCUT2D eigenvalue weighted by molar-refractivity contribution is 0.291. The van der Waals surface area contributed by atoms with E-state index in [1.807, 2.05) is 0 Å². The minimum Gasteiger partial charge on any atom is -0.473 e. The summed E-state index contributed by atoms with van der Waals surface area (Å²) < 4.78 is 26.3. The number of nitrogens with one attached hydrogen (secondary N) is 1. The van der Waals surface area contributed by atoms with Gasteiger partial charge in [0.1, 0.15) is 35.8 Å². The van der Waals surface area contributed by atoms with E-state index in [9.17, 15) is 14.4 Å². The summed E-state index contributed by atoms with van der Waals surface area (Å²) in [5, 5.41) is 12.7. The number of aromatic nitrogens is 2. The molecule has 0 saturated heterocycles. The second-order valence-corrected chi connectivity index (χ2v) is 7.19. The van der Waals surface area contributed by atoms with E-state index in [4.69, 9.17) is 9.47 Å². The van der Waals surface area contributed by atoms with Crippen molar-refractivity contribution >= 4 is 5.82 Å². The molecule has 3 aromatic rings. The van der Waals surface area contributed by atoms with Gasteiger partial charge in [0.05, 0.1) is 5.56 Å². The molecule has 0 atom stereocenters. The SMILES string of the molecule is N#Cc1cc(COc2cc3n(c(=O)n2)CCCCCN3)ccc1Oc1cccc(F)c1. The summed E-state index contributed by atoms with van der Waals surface area (Å²) in [5.74, 6) is 1.13. The minimum atomic E-state index is -0.421. The van der Waals surface area contributed by atoms with E-state index < -0.39 is 5.82 Å². The van der Waals surface area contributed by atoms with Crippen LogP contribution in [0.4, 0.5) is 10.2 Å². The van der Waals surface area contributed by atoms with E-state index in [0.717, 1.165) is 25.8 Å². The molecular weight excluding hydrogens is 399 g/mol. The first-order chi connectivity index (χ1) is 15.1. The van der Waals surface area contributed by atoms with Crippen molar-refractivity contribution in [3.63, 3.8) is 0 Å². The molecule has 0 bridgehead atoms. The van der Waals surface area contributed by atoms with Crippen molar-refractivity contribution in [2.45, 2.75) is 32.4 Å². The van der Waals surface area contributed by atoms with Crippen LogP contribution in [0.15, 0.2) is 53.3 Å². The number of rotatable bonds is 5. The highest BCUT2D eigenvalue weighted by molar-refractivity contribution is 5.47. The van der Waals surface area contributed by atoms with Gasteiger partial charge in [0.25, 0.3) is 0 Å². The molecule has 0 unspecified atom stereocenters. The molecular formula is C23H21FN4O3. The third kappa shape index (κ3) is 5.01. The molecule has 1 aliphatic rings. The number of benzene rings is 2. The molecule has 7 nitrogen and oxygen atoms in total. The summed E-state index contributed by atoms with van der Waals surface area (Å²) in [4.78, 5) is 16.4. The molecule has 1 N–H and O–H groups in total. The second-order valence-electron chi connectivity index (χ2n) is 7.19. The lowest BCUT2D eigenvalue weighted by Gasteiger charge is -2.18. The first-order valence-electron chi connectivity index (χ1n) is 10.1. The summed E-state index contributed by atoms with van der Waals surface area (Å²) in [6.45, 7) is 1.55. The van der Waals surface area contributed by atoms with Crippen LogP contribution >= 0.6 is 0 Å². The predicted molar refractivity (Wildman–Crippen MR) is 113 cm³/mol. The number of hydrogen-bond acceptors (Lipinski definition) is 6. The van der Waals surface area contributed by atoms with E-state index in [1.165, 1.54) is 18.2 Å². The van der Waals surface area contributed by atoms with Crippen molar-refractivity contribution < 1.29 is 13.9 Å². The summed E-state index contributed by atoms with van der Waals surface area (Å²) in [7, 11) is 0. The van der Waals surface area contributed by atoms with Gasteiger partial charge in [-0.25, -0.2) is 9.18 Å². The predicted octanol–water partition coefficient (Wildman–Crippen LogP) is 4.22. The smallest absolute Gasteiger partial charge is 0.352 e. The molecule has 0 amide bonds. The first-order valence-corrected chi connectivity index (χ1v) is 10.1. The molecule has 0 spiro atoms. The zero-order chi connectivity index (χ0) is 21.6. The number of ether oxygens (including phenoxy) is 2. The number of nitrogens with zero attached hydrogens (tertiary/aromatic N) is 3. The fourth-order valence-corrected chi connectivity index (χ4v) is 3.37. The number of hydrogen-bond donors (Lipinski definition) is 1. The second kappa shape index (κ2) is 9.30. The van der Waals surface area contributed by atoms with Gasteiger partial charge in [0.2, 0.25) is 5.88 Å². The molecule has 8 heteroatoms. The van der Waals surface area contributed by atoms with Gasteiger partial charge in [-0.15, -0.1) is 0 Å². The molecule has 0 saturated carbocycles. The molecule has 1 aromatic heterocycles. The number of anilines is 1. The van der Waals surface area contributed by atoms with Crippen LogP contribution in [0.2, 0.25) is 0 Å². The van der Waals surface area contributed by atoms with E-state index in [1.54, 1.807) is 34.9 Å². The van der Waals surface area contributed by atoms with Gasteiger partial charge in [-0.3, -0.25) is 4.57 Å². The van der Waals surface area contributed by atoms with Crippen molar-refractivity contribution in [3.05, 3.63) is 76.0 Å². The monoisotopic (exact) mass is 420 g/mol. The Morgan fingerprint density at radius 3 is 2.90 bits per heavy atom. The van der Waals surface area contributed by atoms with Gasteiger partial charge >= 0.3 is 5.69 Å². The molecule has 2 heterocycles. The Hall–Kier alpha value is -3.86. The maximum Gasteiger partial charge on any atom is 0.352 e. The lowest BCUT2D eigenvalue weighted by atomic mass is 10.1. The topological polar surface area (TPSA) is 89.2 Å². The summed E-state index contributed by atoms with van der Waals surface area (Å²) in [6, 6.07) is 14.5. The van der Waals surface area contributed by atoms with E-state index in [0.29, 0.717) is 35.0 Å². The average Bonchev–Trinajstić information content (AvgIpc) is 2.74. The number of nitriles is 1. The van der Waals surface area contributed by atoms with Gasteiger partial charge in [-0.05, 0) is 49.1 Å². The molecule has 4 rings (SSSR count). The zero-order valence-corrected chi connectivity index (χ0v) is 16.8. The van der Waals surface area contributed by atoms with Crippen molar-refractivity contribution in [2.24, 2.45) is 0 Å². The minimum absolute atomic E-state index is 0.130. The van der Waals surface area contributed by atoms with Gasteiger partial charge in [-0.2, -0.15) is 10.2 Å². The first kappa shape index (κ1) is 20.4. The van der Waals surface area contributed by atoms with E-state index in [2.05, 4.69) is 16.4 Å². The largest absolute Gasteiger partial charge is 0.473 e. The Balaban J connectivity index is 1.49. The Kier molecular flexibility index (Phi) is 6.13. The van der Waals surface area contributed by atoms with E-state index in [-0.39, 0.29) is 18.2 Å². The Labute approximate surface area is 178 Å². The van der Waals surface area contributed by atoms with Crippen molar-refractivity contribution in [2.75, 3.05) is 11.9 Å². The van der Waals surface area contributed by atoms with Gasteiger partial charge in [0.15, 0.2) is 0 Å². The molecule has 2 aromatic carbocycles. The summed E-state index contributed by atoms with van der Waals surface area (Å²) in [5.41, 5.74) is 0.654. The molecule has 31 heavy (non-hydrogen) atoms. The highest BCUT2D eigenvalue weighted by Crippen LogP contribution is 2.27. The molecule has 0 aliphatic carbocycles. The van der Waals surface area contributed by atoms with Gasteiger partial charge in [0, 0.05) is 25.2 Å². The number of halogens is 1. The van der Waals surface area contributed by atoms with Crippen LogP contribution in [0.5, 0.6) is 17.4 Å². The van der Waals surface area contributed by atoms with Crippen molar-refractivity contribution in [1.82, 2.24) is 9.55 Å². The number of fused-ring (bicyclic) bond motifs is 1. The van der Waals surface area contributed by atoms with Gasteiger partial charge in [-0.1, -0.05) is 12.1 Å². The van der Waals surface area contributed by atoms with Crippen LogP contribution in [0, 0.1) is 17.1 Å². The van der Waals surface area contributed by atoms with Crippen molar-refractivity contribution in [3.8, 4) is 23.4 Å². The van der Waals surface area contributed by atoms with Crippen molar-refractivity contribution in [1.29, 1.82) is 5.26 Å². The summed E-state index contributed by atoms with van der Waals surface area (Å²) >= 11 is 0. The Morgan fingerprint density at radius 1 is 1.16 bits per heavy atom. The zero-order valence-electron chi connectivity index (χ0n) is 16.8. The van der Waals surface area contributed by atoms with Gasteiger partial charge < -0.3 is 14.8 Å². The quantitative estimate of drug-likeness (QED) is 0.665. The average molecular weight is 420 g/mol. The molecule has 1 aliphatic heterocycles. The van der Waals surface area contributed by atoms with Crippen LogP contribution in [-0.4, -0.2) is 16.1 Å². The highest BCUT2D eigenvalue weighted by Gasteiger charge is 2.12. The Morgan fingerprint density at radius 2 is 2.06 bits per heavy atom. The fourth-order valence-electron chi connectivity index (χ4n) is 3.37. The van der Waals surface area contributed by atoms with Crippen LogP contribution in [0.25, 0.3) is 0 Å². The van der Waals surface area contributed by atoms with Crippen LogP contribution in [0.1, 0.15) is 30.4 Å². The fraction of sp³-hybridized carbons (Fsp3) is 0.261. The highest BCUT2D eigenvalue weighted by atomic mass is 19.1. The van der Waals surface area contributed by atoms with Crippen LogP contribution in [-0.2, 0) is 13.2 Å². The van der Waals surface area contributed by atoms with Crippen LogP contribution < -0.4 is 20.5 Å². The third-order valence-electron chi connectivity index (χ3n) is 4.93.